The fraction of sp³-hybridized carbons (Fsp3) is 0.393. The first kappa shape index (κ1) is 28.8. The number of ether oxygens (including phenoxy) is 1. The van der Waals surface area contributed by atoms with Crippen LogP contribution in [0.5, 0.6) is 0 Å². The highest BCUT2D eigenvalue weighted by molar-refractivity contribution is 5.92. The monoisotopic (exact) mass is 573 g/mol. The minimum absolute atomic E-state index is 0.229. The van der Waals surface area contributed by atoms with Gasteiger partial charge in [-0.15, -0.1) is 5.10 Å². The number of hydrogen-bond donors (Lipinski definition) is 3. The number of nitrogens with zero attached hydrogens (tertiary/aromatic N) is 8. The van der Waals surface area contributed by atoms with E-state index in [1.54, 1.807) is 35.1 Å². The highest BCUT2D eigenvalue weighted by Gasteiger charge is 2.21. The molecule has 3 aromatic heterocycles. The van der Waals surface area contributed by atoms with Crippen LogP contribution in [-0.2, 0) is 17.8 Å². The summed E-state index contributed by atoms with van der Waals surface area (Å²) in [6.07, 6.45) is 1.58. The molecular weight excluding hydrogens is 538 g/mol. The maximum atomic E-state index is 12.5. The first-order valence-corrected chi connectivity index (χ1v) is 13.9. The summed E-state index contributed by atoms with van der Waals surface area (Å²) >= 11 is 0. The van der Waals surface area contributed by atoms with Crippen LogP contribution in [0, 0.1) is 0 Å². The van der Waals surface area contributed by atoms with E-state index in [4.69, 9.17) is 14.7 Å². The Morgan fingerprint density at radius 2 is 1.81 bits per heavy atom. The molecule has 3 N–H and O–H groups in total. The van der Waals surface area contributed by atoms with Crippen LogP contribution in [-0.4, -0.2) is 100 Å². The zero-order valence-electron chi connectivity index (χ0n) is 24.0. The van der Waals surface area contributed by atoms with E-state index in [2.05, 4.69) is 36.1 Å². The fourth-order valence-electron chi connectivity index (χ4n) is 4.39. The average molecular weight is 574 g/mol. The molecule has 14 nitrogen and oxygen atoms in total. The lowest BCUT2D eigenvalue weighted by Crippen LogP contribution is -2.37. The van der Waals surface area contributed by atoms with E-state index < -0.39 is 0 Å². The lowest BCUT2D eigenvalue weighted by atomic mass is 10.2. The predicted molar refractivity (Wildman–Crippen MR) is 158 cm³/mol. The molecule has 0 unspecified atom stereocenters. The molecule has 0 radical (unpaired) electrons. The molecule has 220 valence electrons. The largest absolute Gasteiger partial charge is 0.378 e. The molecule has 1 aliphatic rings. The van der Waals surface area contributed by atoms with Crippen LogP contribution < -0.4 is 20.9 Å². The molecule has 0 aliphatic carbocycles. The molecule has 1 aliphatic heterocycles. The van der Waals surface area contributed by atoms with Crippen molar-refractivity contribution in [3.8, 4) is 11.4 Å². The summed E-state index contributed by atoms with van der Waals surface area (Å²) in [4.78, 5) is 42.7. The summed E-state index contributed by atoms with van der Waals surface area (Å²) in [7, 11) is 3.88. The number of hydrogen-bond acceptors (Lipinski definition) is 10. The molecule has 4 heterocycles. The summed E-state index contributed by atoms with van der Waals surface area (Å²) in [5.74, 6) is 1.07. The van der Waals surface area contributed by atoms with Gasteiger partial charge < -0.3 is 30.5 Å². The van der Waals surface area contributed by atoms with Gasteiger partial charge >= 0.3 is 6.03 Å². The molecule has 42 heavy (non-hydrogen) atoms. The number of pyridine rings is 1. The number of morpholine rings is 1. The third-order valence-corrected chi connectivity index (χ3v) is 6.71. The number of rotatable bonds is 10. The number of nitrogens with one attached hydrogen (secondary N) is 3. The lowest BCUT2D eigenvalue weighted by Gasteiger charge is -2.27. The lowest BCUT2D eigenvalue weighted by molar-refractivity contribution is 0.0946. The Kier molecular flexibility index (Phi) is 9.14. The molecule has 14 heteroatoms. The standard InChI is InChI=1S/C28H35N11O3/c1-4-39-26-23(35-36-39)25(38-13-15-42-16-14-38)33-24(34-26)20-6-8-21(9-7-20)32-28(41)31-18-19-5-10-22(30-17-19)27(40)29-11-12-37(2)3/h5-10,17H,4,11-16,18H2,1-3H3,(H,29,40)(H2,31,32,41). The Labute approximate surface area is 243 Å². The molecule has 0 atom stereocenters. The van der Waals surface area contributed by atoms with Crippen molar-refractivity contribution in [2.75, 3.05) is 63.7 Å². The molecule has 3 amide bonds. The second kappa shape index (κ2) is 13.3. The zero-order valence-corrected chi connectivity index (χ0v) is 24.0. The van der Waals surface area contributed by atoms with Crippen molar-refractivity contribution in [2.24, 2.45) is 0 Å². The van der Waals surface area contributed by atoms with Crippen LogP contribution in [0.1, 0.15) is 23.0 Å². The van der Waals surface area contributed by atoms with Gasteiger partial charge in [-0.1, -0.05) is 11.3 Å². The Morgan fingerprint density at radius 3 is 2.50 bits per heavy atom. The van der Waals surface area contributed by atoms with E-state index in [1.807, 2.05) is 38.1 Å². The number of likely N-dealkylation sites (N-methyl/N-ethyl adjacent to an activating group) is 1. The molecule has 1 saturated heterocycles. The molecule has 1 fully saturated rings. The third-order valence-electron chi connectivity index (χ3n) is 6.71. The molecule has 1 aromatic carbocycles. The van der Waals surface area contributed by atoms with Gasteiger partial charge in [-0.05, 0) is 56.9 Å². The number of fused-ring (bicyclic) bond motifs is 1. The third kappa shape index (κ3) is 6.95. The highest BCUT2D eigenvalue weighted by Crippen LogP contribution is 2.27. The number of aryl methyl sites for hydroxylation is 1. The molecule has 5 rings (SSSR count). The summed E-state index contributed by atoms with van der Waals surface area (Å²) in [5.41, 5.74) is 3.88. The van der Waals surface area contributed by atoms with Gasteiger partial charge in [0.25, 0.3) is 5.91 Å². The van der Waals surface area contributed by atoms with Crippen LogP contribution >= 0.6 is 0 Å². The number of amides is 3. The van der Waals surface area contributed by atoms with Crippen molar-refractivity contribution in [1.29, 1.82) is 0 Å². The normalized spacial score (nSPS) is 13.4. The van der Waals surface area contributed by atoms with Gasteiger partial charge in [0.05, 0.1) is 13.2 Å². The quantitative estimate of drug-likeness (QED) is 0.256. The van der Waals surface area contributed by atoms with E-state index in [9.17, 15) is 9.59 Å². The Morgan fingerprint density at radius 1 is 1.02 bits per heavy atom. The second-order valence-corrected chi connectivity index (χ2v) is 10.0. The van der Waals surface area contributed by atoms with Crippen LogP contribution in [0.3, 0.4) is 0 Å². The van der Waals surface area contributed by atoms with Gasteiger partial charge in [0, 0.05) is 56.7 Å². The van der Waals surface area contributed by atoms with Crippen LogP contribution in [0.2, 0.25) is 0 Å². The SMILES string of the molecule is CCn1nnc2c(N3CCOCC3)nc(-c3ccc(NC(=O)NCc4ccc(C(=O)NCCN(C)C)nc4)cc3)nc21. The molecule has 0 saturated carbocycles. The minimum atomic E-state index is -0.363. The van der Waals surface area contributed by atoms with Gasteiger partial charge in [-0.2, -0.15) is 0 Å². The molecular formula is C28H35N11O3. The second-order valence-electron chi connectivity index (χ2n) is 10.0. The van der Waals surface area contributed by atoms with E-state index in [1.165, 1.54) is 0 Å². The van der Waals surface area contributed by atoms with Crippen molar-refractivity contribution in [3.63, 3.8) is 0 Å². The van der Waals surface area contributed by atoms with Gasteiger partial charge in [0.1, 0.15) is 5.69 Å². The minimum Gasteiger partial charge on any atom is -0.378 e. The average Bonchev–Trinajstić information content (AvgIpc) is 3.43. The highest BCUT2D eigenvalue weighted by atomic mass is 16.5. The first-order valence-electron chi connectivity index (χ1n) is 13.9. The summed E-state index contributed by atoms with van der Waals surface area (Å²) in [6.45, 7) is 6.87. The number of benzene rings is 1. The Bertz CT molecular complexity index is 1510. The van der Waals surface area contributed by atoms with Crippen molar-refractivity contribution in [3.05, 3.63) is 53.9 Å². The fourth-order valence-corrected chi connectivity index (χ4v) is 4.39. The van der Waals surface area contributed by atoms with Gasteiger partial charge in [0.15, 0.2) is 22.8 Å². The van der Waals surface area contributed by atoms with Crippen LogP contribution in [0.4, 0.5) is 16.3 Å². The van der Waals surface area contributed by atoms with Gasteiger partial charge in [-0.25, -0.2) is 19.4 Å². The predicted octanol–water partition coefficient (Wildman–Crippen LogP) is 1.75. The summed E-state index contributed by atoms with van der Waals surface area (Å²) < 4.78 is 7.27. The first-order chi connectivity index (χ1) is 20.4. The van der Waals surface area contributed by atoms with E-state index in [0.717, 1.165) is 36.6 Å². The van der Waals surface area contributed by atoms with Gasteiger partial charge in [0.2, 0.25) is 0 Å². The molecule has 0 spiro atoms. The number of carbonyl (C=O) groups excluding carboxylic acids is 2. The maximum Gasteiger partial charge on any atom is 0.319 e. The van der Waals surface area contributed by atoms with Crippen molar-refractivity contribution < 1.29 is 14.3 Å². The van der Waals surface area contributed by atoms with Gasteiger partial charge in [-0.3, -0.25) is 9.78 Å². The Balaban J connectivity index is 1.20. The van der Waals surface area contributed by atoms with E-state index >= 15 is 0 Å². The van der Waals surface area contributed by atoms with E-state index in [0.29, 0.717) is 54.7 Å². The summed E-state index contributed by atoms with van der Waals surface area (Å²) in [5, 5.41) is 17.1. The Hall–Kier alpha value is -4.69. The van der Waals surface area contributed by atoms with Crippen molar-refractivity contribution in [1.82, 2.24) is 45.5 Å². The number of urea groups is 1. The molecule has 4 aromatic rings. The molecule has 0 bridgehead atoms. The zero-order chi connectivity index (χ0) is 29.5. The number of aromatic nitrogens is 6. The number of carbonyl (C=O) groups is 2. The van der Waals surface area contributed by atoms with Crippen molar-refractivity contribution >= 4 is 34.6 Å². The van der Waals surface area contributed by atoms with Crippen LogP contribution in [0.15, 0.2) is 42.6 Å². The maximum absolute atomic E-state index is 12.5. The van der Waals surface area contributed by atoms with Crippen LogP contribution in [0.25, 0.3) is 22.6 Å². The summed E-state index contributed by atoms with van der Waals surface area (Å²) in [6, 6.07) is 10.4. The topological polar surface area (TPSA) is 155 Å². The van der Waals surface area contributed by atoms with E-state index in [-0.39, 0.29) is 18.5 Å². The number of anilines is 2. The smallest absolute Gasteiger partial charge is 0.319 e. The van der Waals surface area contributed by atoms with Crippen molar-refractivity contribution in [2.45, 2.75) is 20.0 Å².